The smallest absolute Gasteiger partial charge is 0.308 e. The molecule has 2 aromatic rings. The zero-order valence-electron chi connectivity index (χ0n) is 12.9. The monoisotopic (exact) mass is 330 g/mol. The van der Waals surface area contributed by atoms with E-state index in [2.05, 4.69) is 5.32 Å². The van der Waals surface area contributed by atoms with Crippen molar-refractivity contribution < 1.29 is 24.0 Å². The van der Waals surface area contributed by atoms with Crippen molar-refractivity contribution >= 4 is 23.3 Å². The van der Waals surface area contributed by atoms with Crippen LogP contribution in [0.2, 0.25) is 0 Å². The Bertz CT molecular complexity index is 786. The lowest BCUT2D eigenvalue weighted by Gasteiger charge is -2.10. The molecule has 0 aromatic heterocycles. The summed E-state index contributed by atoms with van der Waals surface area (Å²) in [6.07, 6.45) is 0. The number of methoxy groups -OCH3 is 1. The van der Waals surface area contributed by atoms with Crippen LogP contribution in [0.1, 0.15) is 17.3 Å². The highest BCUT2D eigenvalue weighted by Crippen LogP contribution is 2.29. The number of carbonyl (C=O) groups is 2. The van der Waals surface area contributed by atoms with E-state index in [-0.39, 0.29) is 11.4 Å². The van der Waals surface area contributed by atoms with Gasteiger partial charge in [0.2, 0.25) is 0 Å². The summed E-state index contributed by atoms with van der Waals surface area (Å²) < 4.78 is 9.97. The van der Waals surface area contributed by atoms with E-state index in [1.54, 1.807) is 0 Å². The number of amides is 1. The van der Waals surface area contributed by atoms with Gasteiger partial charge in [-0.3, -0.25) is 19.7 Å². The molecule has 8 nitrogen and oxygen atoms in total. The lowest BCUT2D eigenvalue weighted by atomic mass is 10.2. The maximum Gasteiger partial charge on any atom is 0.308 e. The molecule has 0 spiro atoms. The quantitative estimate of drug-likeness (QED) is 0.391. The maximum absolute atomic E-state index is 12.3. The van der Waals surface area contributed by atoms with E-state index in [4.69, 9.17) is 9.47 Å². The molecule has 1 N–H and O–H groups in total. The number of nitro benzene ring substituents is 1. The molecule has 2 rings (SSSR count). The molecule has 0 saturated heterocycles. The Labute approximate surface area is 137 Å². The zero-order chi connectivity index (χ0) is 17.7. The molecule has 24 heavy (non-hydrogen) atoms. The van der Waals surface area contributed by atoms with Crippen LogP contribution in [-0.4, -0.2) is 23.9 Å². The van der Waals surface area contributed by atoms with Crippen molar-refractivity contribution in [2.75, 3.05) is 12.4 Å². The van der Waals surface area contributed by atoms with Gasteiger partial charge in [-0.1, -0.05) is 0 Å². The number of nitrogens with one attached hydrogen (secondary N) is 1. The Kier molecular flexibility index (Phi) is 5.10. The Morgan fingerprint density at radius 2 is 1.79 bits per heavy atom. The number of hydrogen-bond acceptors (Lipinski definition) is 6. The van der Waals surface area contributed by atoms with E-state index < -0.39 is 16.8 Å². The van der Waals surface area contributed by atoms with Gasteiger partial charge in [0.25, 0.3) is 11.6 Å². The van der Waals surface area contributed by atoms with Gasteiger partial charge in [0.1, 0.15) is 11.5 Å². The third kappa shape index (κ3) is 4.07. The summed E-state index contributed by atoms with van der Waals surface area (Å²) in [6.45, 7) is 1.27. The molecule has 0 aliphatic heterocycles. The van der Waals surface area contributed by atoms with E-state index >= 15 is 0 Å². The van der Waals surface area contributed by atoms with Gasteiger partial charge in [-0.15, -0.1) is 0 Å². The number of ether oxygens (including phenoxy) is 2. The van der Waals surface area contributed by atoms with Gasteiger partial charge in [0.05, 0.1) is 17.7 Å². The Morgan fingerprint density at radius 3 is 2.33 bits per heavy atom. The van der Waals surface area contributed by atoms with Crippen LogP contribution in [0.15, 0.2) is 42.5 Å². The Morgan fingerprint density at radius 1 is 1.12 bits per heavy atom. The number of hydrogen-bond donors (Lipinski definition) is 1. The fraction of sp³-hybridized carbons (Fsp3) is 0.125. The molecule has 0 aliphatic carbocycles. The van der Waals surface area contributed by atoms with Crippen molar-refractivity contribution in [2.24, 2.45) is 0 Å². The molecule has 0 unspecified atom stereocenters. The summed E-state index contributed by atoms with van der Waals surface area (Å²) in [7, 11) is 1.39. The highest BCUT2D eigenvalue weighted by atomic mass is 16.6. The van der Waals surface area contributed by atoms with Crippen LogP contribution < -0.4 is 14.8 Å². The van der Waals surface area contributed by atoms with Gasteiger partial charge in [-0.25, -0.2) is 0 Å². The first-order chi connectivity index (χ1) is 11.4. The standard InChI is InChI=1S/C16H14N2O6/c1-10(19)24-13-6-3-11(4-7-13)16(20)17-14-9-12(18(21)22)5-8-15(14)23-2/h3-9H,1-2H3,(H,17,20). The molecule has 0 atom stereocenters. The SMILES string of the molecule is COc1ccc([N+](=O)[O-])cc1NC(=O)c1ccc(OC(C)=O)cc1. The highest BCUT2D eigenvalue weighted by Gasteiger charge is 2.14. The average molecular weight is 330 g/mol. The topological polar surface area (TPSA) is 108 Å². The summed E-state index contributed by atoms with van der Waals surface area (Å²) >= 11 is 0. The van der Waals surface area contributed by atoms with Crippen molar-refractivity contribution in [3.8, 4) is 11.5 Å². The second-order valence-electron chi connectivity index (χ2n) is 4.71. The first-order valence-corrected chi connectivity index (χ1v) is 6.83. The van der Waals surface area contributed by atoms with Gasteiger partial charge >= 0.3 is 5.97 Å². The fourth-order valence-electron chi connectivity index (χ4n) is 1.94. The molecule has 0 fully saturated rings. The van der Waals surface area contributed by atoms with Gasteiger partial charge in [-0.05, 0) is 30.3 Å². The molecule has 1 amide bonds. The van der Waals surface area contributed by atoms with Crippen molar-refractivity contribution in [1.82, 2.24) is 0 Å². The molecular weight excluding hydrogens is 316 g/mol. The number of anilines is 1. The lowest BCUT2D eigenvalue weighted by molar-refractivity contribution is -0.384. The molecular formula is C16H14N2O6. The van der Waals surface area contributed by atoms with E-state index in [0.29, 0.717) is 17.1 Å². The second-order valence-corrected chi connectivity index (χ2v) is 4.71. The first kappa shape index (κ1) is 16.9. The molecule has 0 aliphatic rings. The largest absolute Gasteiger partial charge is 0.495 e. The summed E-state index contributed by atoms with van der Waals surface area (Å²) in [5.74, 6) is -0.339. The van der Waals surface area contributed by atoms with Gasteiger partial charge in [0.15, 0.2) is 0 Å². The molecule has 8 heteroatoms. The zero-order valence-corrected chi connectivity index (χ0v) is 12.9. The predicted molar refractivity (Wildman–Crippen MR) is 85.4 cm³/mol. The normalized spacial score (nSPS) is 9.92. The molecule has 0 bridgehead atoms. The minimum absolute atomic E-state index is 0.170. The van der Waals surface area contributed by atoms with Crippen molar-refractivity contribution in [3.63, 3.8) is 0 Å². The summed E-state index contributed by atoms with van der Waals surface area (Å²) in [5.41, 5.74) is 0.302. The maximum atomic E-state index is 12.3. The lowest BCUT2D eigenvalue weighted by Crippen LogP contribution is -2.13. The van der Waals surface area contributed by atoms with Gasteiger partial charge in [0, 0.05) is 24.6 Å². The van der Waals surface area contributed by atoms with Crippen molar-refractivity contribution in [1.29, 1.82) is 0 Å². The number of benzene rings is 2. The van der Waals surface area contributed by atoms with E-state index in [9.17, 15) is 19.7 Å². The van der Waals surface area contributed by atoms with E-state index in [1.807, 2.05) is 0 Å². The van der Waals surface area contributed by atoms with Crippen LogP contribution in [-0.2, 0) is 4.79 Å². The van der Waals surface area contributed by atoms with Gasteiger partial charge < -0.3 is 14.8 Å². The van der Waals surface area contributed by atoms with E-state index in [1.165, 1.54) is 56.5 Å². The first-order valence-electron chi connectivity index (χ1n) is 6.83. The molecule has 0 heterocycles. The van der Waals surface area contributed by atoms with Crippen LogP contribution in [0.25, 0.3) is 0 Å². The van der Waals surface area contributed by atoms with Gasteiger partial charge in [-0.2, -0.15) is 0 Å². The van der Waals surface area contributed by atoms with Crippen molar-refractivity contribution in [2.45, 2.75) is 6.92 Å². The molecule has 124 valence electrons. The molecule has 0 radical (unpaired) electrons. The van der Waals surface area contributed by atoms with E-state index in [0.717, 1.165) is 0 Å². The fourth-order valence-corrected chi connectivity index (χ4v) is 1.94. The summed E-state index contributed by atoms with van der Waals surface area (Å²) in [6, 6.07) is 9.78. The molecule has 2 aromatic carbocycles. The highest BCUT2D eigenvalue weighted by molar-refractivity contribution is 6.05. The number of nitro groups is 1. The van der Waals surface area contributed by atoms with Crippen LogP contribution in [0.3, 0.4) is 0 Å². The minimum Gasteiger partial charge on any atom is -0.495 e. The number of nitrogens with zero attached hydrogens (tertiary/aromatic N) is 1. The van der Waals surface area contributed by atoms with Crippen molar-refractivity contribution in [3.05, 3.63) is 58.1 Å². The number of non-ortho nitro benzene ring substituents is 1. The Balaban J connectivity index is 2.21. The summed E-state index contributed by atoms with van der Waals surface area (Å²) in [5, 5.41) is 13.4. The second kappa shape index (κ2) is 7.23. The number of esters is 1. The third-order valence-corrected chi connectivity index (χ3v) is 3.02. The third-order valence-electron chi connectivity index (χ3n) is 3.02. The molecule has 0 saturated carbocycles. The minimum atomic E-state index is -0.566. The summed E-state index contributed by atoms with van der Waals surface area (Å²) in [4.78, 5) is 33.4. The van der Waals surface area contributed by atoms with Crippen LogP contribution >= 0.6 is 0 Å². The number of rotatable bonds is 5. The van der Waals surface area contributed by atoms with Crippen LogP contribution in [0.4, 0.5) is 11.4 Å². The average Bonchev–Trinajstić information content (AvgIpc) is 2.54. The predicted octanol–water partition coefficient (Wildman–Crippen LogP) is 2.78. The van der Waals surface area contributed by atoms with Crippen LogP contribution in [0, 0.1) is 10.1 Å². The Hall–Kier alpha value is -3.42. The number of carbonyl (C=O) groups excluding carboxylic acids is 2. The van der Waals surface area contributed by atoms with Crippen LogP contribution in [0.5, 0.6) is 11.5 Å².